The van der Waals surface area contributed by atoms with Gasteiger partial charge in [0.2, 0.25) is 0 Å². The summed E-state index contributed by atoms with van der Waals surface area (Å²) in [6.45, 7) is -0.753. The second-order valence-electron chi connectivity index (χ2n) is 3.83. The lowest BCUT2D eigenvalue weighted by Gasteiger charge is -2.22. The summed E-state index contributed by atoms with van der Waals surface area (Å²) in [5.74, 6) is 0. The van der Waals surface area contributed by atoms with E-state index in [9.17, 15) is 13.2 Å². The molecule has 1 aromatic carbocycles. The van der Waals surface area contributed by atoms with Crippen molar-refractivity contribution in [3.05, 3.63) is 35.9 Å². The smallest absolute Gasteiger partial charge is 0.323 e. The highest BCUT2D eigenvalue weighted by Gasteiger charge is 2.29. The Morgan fingerprint density at radius 2 is 1.81 bits per heavy atom. The molecule has 0 heterocycles. The van der Waals surface area contributed by atoms with Crippen molar-refractivity contribution in [2.24, 2.45) is 5.73 Å². The zero-order chi connectivity index (χ0) is 12.2. The van der Waals surface area contributed by atoms with Gasteiger partial charge in [-0.1, -0.05) is 30.3 Å². The normalized spacial score (nSPS) is 14.1. The molecule has 5 heteroatoms. The fourth-order valence-corrected chi connectivity index (χ4v) is 1.51. The molecule has 0 fully saturated rings. The first-order chi connectivity index (χ1) is 7.38. The Morgan fingerprint density at radius 3 is 2.31 bits per heavy atom. The predicted molar refractivity (Wildman–Crippen MR) is 56.9 cm³/mol. The minimum absolute atomic E-state index is 0.184. The third kappa shape index (κ3) is 4.63. The maximum absolute atomic E-state index is 12.1. The van der Waals surface area contributed by atoms with Gasteiger partial charge < -0.3 is 5.73 Å². The maximum atomic E-state index is 12.1. The number of alkyl halides is 3. The number of rotatable bonds is 4. The highest BCUT2D eigenvalue weighted by Crippen LogP contribution is 2.17. The minimum atomic E-state index is -4.18. The van der Waals surface area contributed by atoms with Crippen LogP contribution in [-0.2, 0) is 0 Å². The molecule has 0 saturated heterocycles. The standard InChI is InChI=1S/C11H15F3N2/c1-16(8-11(12,13)14)7-10(15)9-5-3-2-4-6-9/h2-6,10H,7-8,15H2,1H3. The van der Waals surface area contributed by atoms with Crippen molar-refractivity contribution < 1.29 is 13.2 Å². The van der Waals surface area contributed by atoms with E-state index in [1.165, 1.54) is 11.9 Å². The first-order valence-electron chi connectivity index (χ1n) is 4.94. The van der Waals surface area contributed by atoms with Crippen LogP contribution in [0.2, 0.25) is 0 Å². The van der Waals surface area contributed by atoms with Gasteiger partial charge in [0.1, 0.15) is 0 Å². The van der Waals surface area contributed by atoms with E-state index in [-0.39, 0.29) is 6.54 Å². The number of nitrogens with zero attached hydrogens (tertiary/aromatic N) is 1. The quantitative estimate of drug-likeness (QED) is 0.862. The fourth-order valence-electron chi connectivity index (χ4n) is 1.51. The van der Waals surface area contributed by atoms with Gasteiger partial charge in [0.25, 0.3) is 0 Å². The van der Waals surface area contributed by atoms with Crippen LogP contribution in [0.3, 0.4) is 0 Å². The van der Waals surface area contributed by atoms with E-state index in [1.54, 1.807) is 0 Å². The highest BCUT2D eigenvalue weighted by atomic mass is 19.4. The number of hydrogen-bond acceptors (Lipinski definition) is 2. The van der Waals surface area contributed by atoms with E-state index < -0.39 is 18.8 Å². The number of likely N-dealkylation sites (N-methyl/N-ethyl adjacent to an activating group) is 1. The number of benzene rings is 1. The molecule has 2 nitrogen and oxygen atoms in total. The molecule has 0 spiro atoms. The first-order valence-corrected chi connectivity index (χ1v) is 4.94. The Morgan fingerprint density at radius 1 is 1.25 bits per heavy atom. The van der Waals surface area contributed by atoms with Gasteiger partial charge >= 0.3 is 6.18 Å². The van der Waals surface area contributed by atoms with Gasteiger partial charge in [-0.3, -0.25) is 4.90 Å². The maximum Gasteiger partial charge on any atom is 0.401 e. The molecule has 1 rings (SSSR count). The monoisotopic (exact) mass is 232 g/mol. The van der Waals surface area contributed by atoms with Gasteiger partial charge in [0.05, 0.1) is 6.54 Å². The Balaban J connectivity index is 2.49. The molecule has 0 bridgehead atoms. The van der Waals surface area contributed by atoms with Crippen LogP contribution in [0.5, 0.6) is 0 Å². The largest absolute Gasteiger partial charge is 0.401 e. The molecule has 0 aliphatic rings. The van der Waals surface area contributed by atoms with Gasteiger partial charge in [-0.15, -0.1) is 0 Å². The van der Waals surface area contributed by atoms with E-state index in [0.717, 1.165) is 5.56 Å². The number of hydrogen-bond donors (Lipinski definition) is 1. The molecule has 1 atom stereocenters. The average molecular weight is 232 g/mol. The van der Waals surface area contributed by atoms with Gasteiger partial charge in [-0.05, 0) is 12.6 Å². The lowest BCUT2D eigenvalue weighted by atomic mass is 10.1. The molecule has 1 unspecified atom stereocenters. The molecule has 2 N–H and O–H groups in total. The van der Waals surface area contributed by atoms with Crippen molar-refractivity contribution in [2.75, 3.05) is 20.1 Å². The van der Waals surface area contributed by atoms with Crippen LogP contribution in [0.25, 0.3) is 0 Å². The van der Waals surface area contributed by atoms with Crippen LogP contribution in [0, 0.1) is 0 Å². The summed E-state index contributed by atoms with van der Waals surface area (Å²) >= 11 is 0. The molecule has 0 amide bonds. The van der Waals surface area contributed by atoms with E-state index in [0.29, 0.717) is 0 Å². The summed E-state index contributed by atoms with van der Waals surface area (Å²) in [5, 5.41) is 0. The van der Waals surface area contributed by atoms with E-state index >= 15 is 0 Å². The molecular formula is C11H15F3N2. The van der Waals surface area contributed by atoms with E-state index in [1.807, 2.05) is 30.3 Å². The van der Waals surface area contributed by atoms with Crippen molar-refractivity contribution in [1.29, 1.82) is 0 Å². The van der Waals surface area contributed by atoms with Crippen molar-refractivity contribution >= 4 is 0 Å². The van der Waals surface area contributed by atoms with E-state index in [4.69, 9.17) is 5.73 Å². The van der Waals surface area contributed by atoms with Gasteiger partial charge in [0, 0.05) is 12.6 Å². The average Bonchev–Trinajstić information content (AvgIpc) is 2.16. The Labute approximate surface area is 92.9 Å². The molecule has 0 aliphatic heterocycles. The first kappa shape index (κ1) is 13.0. The zero-order valence-electron chi connectivity index (χ0n) is 9.04. The Hall–Kier alpha value is -1.07. The second kappa shape index (κ2) is 5.32. The number of nitrogens with two attached hydrogens (primary N) is 1. The van der Waals surface area contributed by atoms with E-state index in [2.05, 4.69) is 0 Å². The lowest BCUT2D eigenvalue weighted by molar-refractivity contribution is -0.143. The predicted octanol–water partition coefficient (Wildman–Crippen LogP) is 2.18. The van der Waals surface area contributed by atoms with Gasteiger partial charge in [-0.25, -0.2) is 0 Å². The fraction of sp³-hybridized carbons (Fsp3) is 0.455. The van der Waals surface area contributed by atoms with Crippen molar-refractivity contribution in [3.63, 3.8) is 0 Å². The third-order valence-corrected chi connectivity index (χ3v) is 2.19. The van der Waals surface area contributed by atoms with Crippen LogP contribution in [0.1, 0.15) is 11.6 Å². The number of halogens is 3. The summed E-state index contributed by atoms with van der Waals surface area (Å²) in [4.78, 5) is 1.18. The van der Waals surface area contributed by atoms with Gasteiger partial charge in [-0.2, -0.15) is 13.2 Å². The molecule has 16 heavy (non-hydrogen) atoms. The summed E-state index contributed by atoms with van der Waals surface area (Å²) in [6.07, 6.45) is -4.18. The van der Waals surface area contributed by atoms with Crippen LogP contribution in [-0.4, -0.2) is 31.2 Å². The summed E-state index contributed by atoms with van der Waals surface area (Å²) in [5.41, 5.74) is 6.65. The molecule has 0 aromatic heterocycles. The minimum Gasteiger partial charge on any atom is -0.323 e. The third-order valence-electron chi connectivity index (χ3n) is 2.19. The summed E-state index contributed by atoms with van der Waals surface area (Å²) in [6, 6.07) is 8.71. The molecule has 0 aliphatic carbocycles. The SMILES string of the molecule is CN(CC(N)c1ccccc1)CC(F)(F)F. The van der Waals surface area contributed by atoms with Gasteiger partial charge in [0.15, 0.2) is 0 Å². The molecular weight excluding hydrogens is 217 g/mol. The molecule has 0 saturated carbocycles. The van der Waals surface area contributed by atoms with Crippen LogP contribution in [0.15, 0.2) is 30.3 Å². The zero-order valence-corrected chi connectivity index (χ0v) is 9.04. The molecule has 90 valence electrons. The second-order valence-corrected chi connectivity index (χ2v) is 3.83. The van der Waals surface area contributed by atoms with Crippen molar-refractivity contribution in [1.82, 2.24) is 4.90 Å². The summed E-state index contributed by atoms with van der Waals surface area (Å²) < 4.78 is 36.2. The van der Waals surface area contributed by atoms with Crippen molar-refractivity contribution in [2.45, 2.75) is 12.2 Å². The van der Waals surface area contributed by atoms with Crippen LogP contribution < -0.4 is 5.73 Å². The molecule has 0 radical (unpaired) electrons. The Bertz CT molecular complexity index is 311. The van der Waals surface area contributed by atoms with Crippen molar-refractivity contribution in [3.8, 4) is 0 Å². The molecule has 1 aromatic rings. The van der Waals surface area contributed by atoms with Crippen LogP contribution in [0.4, 0.5) is 13.2 Å². The summed E-state index contributed by atoms with van der Waals surface area (Å²) in [7, 11) is 1.41. The lowest BCUT2D eigenvalue weighted by Crippen LogP contribution is -2.36. The van der Waals surface area contributed by atoms with Crippen LogP contribution >= 0.6 is 0 Å². The Kier molecular flexibility index (Phi) is 4.32. The topological polar surface area (TPSA) is 29.3 Å². The highest BCUT2D eigenvalue weighted by molar-refractivity contribution is 5.18.